The van der Waals surface area contributed by atoms with Crippen LogP contribution in [-0.4, -0.2) is 34.5 Å². The van der Waals surface area contributed by atoms with E-state index in [2.05, 4.69) is 5.10 Å². The zero-order valence-electron chi connectivity index (χ0n) is 8.04. The summed E-state index contributed by atoms with van der Waals surface area (Å²) in [6.07, 6.45) is 1.01. The lowest BCUT2D eigenvalue weighted by Gasteiger charge is -2.06. The van der Waals surface area contributed by atoms with Crippen molar-refractivity contribution in [2.45, 2.75) is 12.6 Å². The van der Waals surface area contributed by atoms with Crippen LogP contribution in [0.2, 0.25) is 0 Å². The largest absolute Gasteiger partial charge is 0.465 e. The van der Waals surface area contributed by atoms with Crippen LogP contribution in [0.1, 0.15) is 0 Å². The Labute approximate surface area is 92.6 Å². The van der Waals surface area contributed by atoms with Crippen LogP contribution in [0.15, 0.2) is 6.20 Å². The van der Waals surface area contributed by atoms with E-state index in [-0.39, 0.29) is 31.2 Å². The molecule has 0 radical (unpaired) electrons. The van der Waals surface area contributed by atoms with E-state index in [1.165, 1.54) is 10.9 Å². The number of nitrogens with zero attached hydrogens (tertiary/aromatic N) is 3. The maximum absolute atomic E-state index is 10.5. The van der Waals surface area contributed by atoms with Crippen LogP contribution in [0.3, 0.4) is 0 Å². The van der Waals surface area contributed by atoms with E-state index < -0.39 is 4.92 Å². The minimum atomic E-state index is -0.506. The molecule has 0 N–H and O–H groups in total. The van der Waals surface area contributed by atoms with Gasteiger partial charge in [-0.15, -0.1) is 0 Å². The van der Waals surface area contributed by atoms with E-state index in [1.54, 1.807) is 7.11 Å². The van der Waals surface area contributed by atoms with Crippen LogP contribution in [0, 0.1) is 10.1 Å². The van der Waals surface area contributed by atoms with Crippen LogP contribution >= 0.6 is 13.5 Å². The number of methoxy groups -OCH3 is 1. The van der Waals surface area contributed by atoms with E-state index >= 15 is 0 Å². The minimum absolute atomic E-state index is 0. The zero-order valence-corrected chi connectivity index (χ0v) is 9.04. The molecule has 15 heavy (non-hydrogen) atoms. The van der Waals surface area contributed by atoms with E-state index in [1.807, 2.05) is 0 Å². The molecule has 1 aromatic rings. The molecule has 8 heteroatoms. The fourth-order valence-corrected chi connectivity index (χ4v) is 1.40. The summed E-state index contributed by atoms with van der Waals surface area (Å²) >= 11 is 0. The van der Waals surface area contributed by atoms with Crippen LogP contribution < -0.4 is 4.74 Å². The maximum atomic E-state index is 10.5. The number of fused-ring (bicyclic) bond motifs is 1. The molecule has 1 aliphatic rings. The lowest BCUT2D eigenvalue weighted by Crippen LogP contribution is -2.20. The number of aromatic nitrogens is 2. The van der Waals surface area contributed by atoms with E-state index in [0.29, 0.717) is 13.2 Å². The summed E-state index contributed by atoms with van der Waals surface area (Å²) in [5.74, 6) is 0.219. The van der Waals surface area contributed by atoms with Gasteiger partial charge in [-0.05, 0) is 0 Å². The maximum Gasteiger partial charge on any atom is 0.350 e. The monoisotopic (exact) mass is 233 g/mol. The van der Waals surface area contributed by atoms with E-state index in [0.717, 1.165) is 0 Å². The van der Waals surface area contributed by atoms with Gasteiger partial charge in [0.2, 0.25) is 0 Å². The normalized spacial score (nSPS) is 17.8. The average molecular weight is 233 g/mol. The van der Waals surface area contributed by atoms with Crippen molar-refractivity contribution in [2.24, 2.45) is 0 Å². The average Bonchev–Trinajstić information content (AvgIpc) is 2.62. The molecule has 0 fully saturated rings. The first kappa shape index (κ1) is 11.8. The topological polar surface area (TPSA) is 79.4 Å². The quantitative estimate of drug-likeness (QED) is 0.554. The van der Waals surface area contributed by atoms with Gasteiger partial charge in [0.05, 0.1) is 18.1 Å². The van der Waals surface area contributed by atoms with Crippen molar-refractivity contribution in [3.8, 4) is 5.88 Å². The summed E-state index contributed by atoms with van der Waals surface area (Å²) in [6.45, 7) is 0.900. The molecular formula is C7H11N3O4S. The fraction of sp³-hybridized carbons (Fsp3) is 0.571. The Hall–Kier alpha value is -1.28. The standard InChI is InChI=1S/C7H9N3O4.H2S/c1-13-4-5-3-9-7(14-5)6(2-8-9)10(11)12;/h2,5H,3-4H2,1H3;1H2/t5-;/m0./s1. The Bertz CT molecular complexity index is 367. The lowest BCUT2D eigenvalue weighted by molar-refractivity contribution is -0.385. The number of hydrogen-bond donors (Lipinski definition) is 0. The molecule has 1 aliphatic heterocycles. The summed E-state index contributed by atoms with van der Waals surface area (Å²) in [7, 11) is 1.55. The highest BCUT2D eigenvalue weighted by Crippen LogP contribution is 2.31. The lowest BCUT2D eigenvalue weighted by atomic mass is 10.4. The second-order valence-corrected chi connectivity index (χ2v) is 2.97. The molecule has 1 aromatic heterocycles. The molecular weight excluding hydrogens is 222 g/mol. The van der Waals surface area contributed by atoms with Crippen LogP contribution in [0.5, 0.6) is 5.88 Å². The summed E-state index contributed by atoms with van der Waals surface area (Å²) in [5, 5.41) is 14.4. The van der Waals surface area contributed by atoms with Crippen molar-refractivity contribution in [3.63, 3.8) is 0 Å². The predicted molar refractivity (Wildman–Crippen MR) is 55.6 cm³/mol. The van der Waals surface area contributed by atoms with Crippen molar-refractivity contribution in [1.82, 2.24) is 9.78 Å². The molecule has 0 bridgehead atoms. The van der Waals surface area contributed by atoms with Gasteiger partial charge in [-0.3, -0.25) is 10.1 Å². The Morgan fingerprint density at radius 1 is 1.87 bits per heavy atom. The van der Waals surface area contributed by atoms with E-state index in [4.69, 9.17) is 9.47 Å². The number of rotatable bonds is 3. The van der Waals surface area contributed by atoms with Gasteiger partial charge in [0.15, 0.2) is 0 Å². The van der Waals surface area contributed by atoms with Crippen molar-refractivity contribution >= 4 is 19.2 Å². The third-order valence-electron chi connectivity index (χ3n) is 1.98. The molecule has 7 nitrogen and oxygen atoms in total. The number of ether oxygens (including phenoxy) is 2. The summed E-state index contributed by atoms with van der Waals surface area (Å²) < 4.78 is 11.7. The molecule has 0 saturated carbocycles. The molecule has 0 aliphatic carbocycles. The molecule has 84 valence electrons. The number of hydrogen-bond acceptors (Lipinski definition) is 5. The Morgan fingerprint density at radius 2 is 2.60 bits per heavy atom. The van der Waals surface area contributed by atoms with Gasteiger partial charge >= 0.3 is 5.69 Å². The molecule has 1 atom stereocenters. The predicted octanol–water partition coefficient (Wildman–Crippen LogP) is 0.312. The summed E-state index contributed by atoms with van der Waals surface area (Å²) in [6, 6.07) is 0. The van der Waals surface area contributed by atoms with Gasteiger partial charge in [-0.25, -0.2) is 4.68 Å². The smallest absolute Gasteiger partial charge is 0.350 e. The van der Waals surface area contributed by atoms with Gasteiger partial charge < -0.3 is 9.47 Å². The third-order valence-corrected chi connectivity index (χ3v) is 1.98. The Kier molecular flexibility index (Phi) is 3.53. The second-order valence-electron chi connectivity index (χ2n) is 2.97. The fourth-order valence-electron chi connectivity index (χ4n) is 1.40. The molecule has 0 unspecified atom stereocenters. The SMILES string of the molecule is COC[C@@H]1Cn2ncc([N+](=O)[O-])c2O1.S. The highest BCUT2D eigenvalue weighted by molar-refractivity contribution is 7.59. The van der Waals surface area contributed by atoms with Crippen LogP contribution in [0.25, 0.3) is 0 Å². The van der Waals surface area contributed by atoms with Crippen molar-refractivity contribution < 1.29 is 14.4 Å². The first-order valence-corrected chi connectivity index (χ1v) is 4.08. The first-order chi connectivity index (χ1) is 6.72. The molecule has 2 heterocycles. The number of nitro groups is 1. The second kappa shape index (κ2) is 4.49. The van der Waals surface area contributed by atoms with Crippen LogP contribution in [-0.2, 0) is 11.3 Å². The molecule has 0 amide bonds. The highest BCUT2D eigenvalue weighted by atomic mass is 32.1. The van der Waals surface area contributed by atoms with Gasteiger partial charge in [0.1, 0.15) is 12.3 Å². The molecule has 0 spiro atoms. The van der Waals surface area contributed by atoms with Gasteiger partial charge in [0.25, 0.3) is 5.88 Å². The van der Waals surface area contributed by atoms with Gasteiger partial charge in [-0.1, -0.05) is 0 Å². The van der Waals surface area contributed by atoms with Crippen molar-refractivity contribution in [3.05, 3.63) is 16.3 Å². The molecule has 0 aromatic carbocycles. The Morgan fingerprint density at radius 3 is 3.20 bits per heavy atom. The van der Waals surface area contributed by atoms with Crippen molar-refractivity contribution in [1.29, 1.82) is 0 Å². The highest BCUT2D eigenvalue weighted by Gasteiger charge is 2.32. The molecule has 0 saturated heterocycles. The third kappa shape index (κ3) is 2.05. The minimum Gasteiger partial charge on any atom is -0.465 e. The van der Waals surface area contributed by atoms with Crippen LogP contribution in [0.4, 0.5) is 5.69 Å². The van der Waals surface area contributed by atoms with Gasteiger partial charge in [0, 0.05) is 7.11 Å². The van der Waals surface area contributed by atoms with E-state index in [9.17, 15) is 10.1 Å². The Balaban J connectivity index is 0.00000112. The summed E-state index contributed by atoms with van der Waals surface area (Å²) in [4.78, 5) is 10.0. The van der Waals surface area contributed by atoms with Crippen molar-refractivity contribution in [2.75, 3.05) is 13.7 Å². The summed E-state index contributed by atoms with van der Waals surface area (Å²) in [5.41, 5.74) is -0.0939. The van der Waals surface area contributed by atoms with Gasteiger partial charge in [-0.2, -0.15) is 18.6 Å². The molecule has 2 rings (SSSR count). The first-order valence-electron chi connectivity index (χ1n) is 4.08. The zero-order chi connectivity index (χ0) is 10.1.